The minimum Gasteiger partial charge on any atom is -0.394 e. The Morgan fingerprint density at radius 3 is 2.57 bits per heavy atom. The third-order valence-corrected chi connectivity index (χ3v) is 3.99. The first-order valence-corrected chi connectivity index (χ1v) is 7.77. The molecule has 0 aliphatic rings. The summed E-state index contributed by atoms with van der Waals surface area (Å²) in [6.45, 7) is 7.74. The van der Waals surface area contributed by atoms with Crippen molar-refractivity contribution in [3.05, 3.63) is 41.5 Å². The molecule has 1 unspecified atom stereocenters. The molecule has 0 aliphatic heterocycles. The van der Waals surface area contributed by atoms with Crippen molar-refractivity contribution in [2.45, 2.75) is 39.7 Å². The van der Waals surface area contributed by atoms with Gasteiger partial charge in [-0.3, -0.25) is 4.79 Å². The van der Waals surface area contributed by atoms with Crippen LogP contribution in [-0.4, -0.2) is 50.4 Å². The lowest BCUT2D eigenvalue weighted by molar-refractivity contribution is 0.0670. The van der Waals surface area contributed by atoms with Crippen molar-refractivity contribution < 1.29 is 9.90 Å². The monoisotopic (exact) mass is 316 g/mol. The minimum absolute atomic E-state index is 0.0991. The van der Waals surface area contributed by atoms with E-state index in [0.717, 1.165) is 11.3 Å². The summed E-state index contributed by atoms with van der Waals surface area (Å²) < 4.78 is 1.71. The Hall–Kier alpha value is -2.21. The van der Waals surface area contributed by atoms with Gasteiger partial charge in [0.25, 0.3) is 5.91 Å². The van der Waals surface area contributed by atoms with Gasteiger partial charge in [-0.1, -0.05) is 32.0 Å². The lowest BCUT2D eigenvalue weighted by Crippen LogP contribution is -2.37. The van der Waals surface area contributed by atoms with E-state index in [1.807, 2.05) is 25.1 Å². The summed E-state index contributed by atoms with van der Waals surface area (Å²) in [5.41, 5.74) is 2.08. The van der Waals surface area contributed by atoms with E-state index in [1.165, 1.54) is 4.90 Å². The molecule has 0 bridgehead atoms. The van der Waals surface area contributed by atoms with Gasteiger partial charge in [0.1, 0.15) is 5.82 Å². The molecule has 0 saturated carbocycles. The Morgan fingerprint density at radius 2 is 1.96 bits per heavy atom. The summed E-state index contributed by atoms with van der Waals surface area (Å²) in [5.74, 6) is 0.844. The fourth-order valence-corrected chi connectivity index (χ4v) is 2.36. The van der Waals surface area contributed by atoms with Crippen molar-refractivity contribution in [2.75, 3.05) is 13.7 Å². The van der Waals surface area contributed by atoms with Crippen LogP contribution in [0.5, 0.6) is 0 Å². The van der Waals surface area contributed by atoms with Gasteiger partial charge >= 0.3 is 0 Å². The van der Waals surface area contributed by atoms with E-state index < -0.39 is 0 Å². The molecule has 0 fully saturated rings. The van der Waals surface area contributed by atoms with Gasteiger partial charge in [-0.2, -0.15) is 0 Å². The van der Waals surface area contributed by atoms with Crippen LogP contribution in [-0.2, 0) is 0 Å². The van der Waals surface area contributed by atoms with Gasteiger partial charge in [0.15, 0.2) is 0 Å². The number of carbonyl (C=O) groups excluding carboxylic acids is 1. The summed E-state index contributed by atoms with van der Waals surface area (Å²) in [4.78, 5) is 18.2. The number of aliphatic hydroxyl groups excluding tert-OH is 1. The van der Waals surface area contributed by atoms with Gasteiger partial charge in [-0.05, 0) is 31.4 Å². The second kappa shape index (κ2) is 6.91. The maximum atomic E-state index is 12.4. The highest BCUT2D eigenvalue weighted by molar-refractivity contribution is 5.90. The largest absolute Gasteiger partial charge is 0.394 e. The van der Waals surface area contributed by atoms with Crippen molar-refractivity contribution in [3.8, 4) is 5.69 Å². The zero-order chi connectivity index (χ0) is 17.1. The molecule has 0 saturated heterocycles. The smallest absolute Gasteiger partial charge is 0.293 e. The Balaban J connectivity index is 2.42. The second-order valence-corrected chi connectivity index (χ2v) is 6.06. The summed E-state index contributed by atoms with van der Waals surface area (Å²) in [6.07, 6.45) is 0. The zero-order valence-corrected chi connectivity index (χ0v) is 14.3. The summed E-state index contributed by atoms with van der Waals surface area (Å²) in [5, 5.41) is 13.6. The molecule has 1 atom stereocenters. The summed E-state index contributed by atoms with van der Waals surface area (Å²) in [6, 6.07) is 7.70. The maximum Gasteiger partial charge on any atom is 0.293 e. The van der Waals surface area contributed by atoms with Crippen LogP contribution >= 0.6 is 0 Å². The highest BCUT2D eigenvalue weighted by Gasteiger charge is 2.23. The van der Waals surface area contributed by atoms with Crippen LogP contribution in [0, 0.1) is 6.92 Å². The van der Waals surface area contributed by atoms with Crippen LogP contribution in [0.2, 0.25) is 0 Å². The molecule has 6 heteroatoms. The Morgan fingerprint density at radius 1 is 1.30 bits per heavy atom. The van der Waals surface area contributed by atoms with Gasteiger partial charge < -0.3 is 10.0 Å². The number of carbonyl (C=O) groups is 1. The van der Waals surface area contributed by atoms with Gasteiger partial charge in [0.2, 0.25) is 5.82 Å². The van der Waals surface area contributed by atoms with Crippen LogP contribution in [0.1, 0.15) is 48.7 Å². The van der Waals surface area contributed by atoms with E-state index in [4.69, 9.17) is 0 Å². The van der Waals surface area contributed by atoms with Crippen molar-refractivity contribution >= 4 is 5.91 Å². The number of amides is 1. The molecule has 0 spiro atoms. The van der Waals surface area contributed by atoms with E-state index in [0.29, 0.717) is 11.7 Å². The van der Waals surface area contributed by atoms with Crippen LogP contribution in [0.25, 0.3) is 5.69 Å². The molecule has 0 aliphatic carbocycles. The standard InChI is InChI=1S/C17H24N4O2/c1-11(2)14-8-6-7-9-15(14)21-13(4)18-16(19-21)17(23)20(5)12(3)10-22/h6-9,11-12,22H,10H2,1-5H3. The normalized spacial score (nSPS) is 12.5. The summed E-state index contributed by atoms with van der Waals surface area (Å²) >= 11 is 0. The van der Waals surface area contributed by atoms with Crippen molar-refractivity contribution in [1.29, 1.82) is 0 Å². The first-order chi connectivity index (χ1) is 10.9. The average Bonchev–Trinajstić information content (AvgIpc) is 2.94. The lowest BCUT2D eigenvalue weighted by Gasteiger charge is -2.21. The van der Waals surface area contributed by atoms with E-state index in [-0.39, 0.29) is 24.4 Å². The fourth-order valence-electron chi connectivity index (χ4n) is 2.36. The molecular weight excluding hydrogens is 292 g/mol. The number of rotatable bonds is 5. The molecule has 0 radical (unpaired) electrons. The molecule has 1 aromatic carbocycles. The number of aliphatic hydroxyl groups is 1. The number of hydrogen-bond donors (Lipinski definition) is 1. The van der Waals surface area contributed by atoms with Crippen molar-refractivity contribution in [3.63, 3.8) is 0 Å². The van der Waals surface area contributed by atoms with Crippen LogP contribution in [0.4, 0.5) is 0 Å². The third kappa shape index (κ3) is 3.42. The fraction of sp³-hybridized carbons (Fsp3) is 0.471. The van der Waals surface area contributed by atoms with Crippen molar-refractivity contribution in [1.82, 2.24) is 19.7 Å². The number of likely N-dealkylation sites (N-methyl/N-ethyl adjacent to an activating group) is 1. The number of hydrogen-bond acceptors (Lipinski definition) is 4. The lowest BCUT2D eigenvalue weighted by atomic mass is 10.0. The topological polar surface area (TPSA) is 71.2 Å². The molecule has 2 rings (SSSR count). The summed E-state index contributed by atoms with van der Waals surface area (Å²) in [7, 11) is 1.64. The van der Waals surface area contributed by atoms with E-state index >= 15 is 0 Å². The van der Waals surface area contributed by atoms with E-state index in [9.17, 15) is 9.90 Å². The number of nitrogens with zero attached hydrogens (tertiary/aromatic N) is 4. The molecule has 1 amide bonds. The second-order valence-electron chi connectivity index (χ2n) is 6.06. The Labute approximate surface area is 136 Å². The van der Waals surface area contributed by atoms with E-state index in [2.05, 4.69) is 30.0 Å². The predicted molar refractivity (Wildman–Crippen MR) is 88.8 cm³/mol. The molecule has 124 valence electrons. The Kier molecular flexibility index (Phi) is 5.15. The molecule has 23 heavy (non-hydrogen) atoms. The predicted octanol–water partition coefficient (Wildman–Crippen LogP) is 2.15. The van der Waals surface area contributed by atoms with Gasteiger partial charge in [0.05, 0.1) is 18.3 Å². The quantitative estimate of drug-likeness (QED) is 0.917. The SMILES string of the molecule is Cc1nc(C(=O)N(C)C(C)CO)nn1-c1ccccc1C(C)C. The maximum absolute atomic E-state index is 12.4. The molecule has 1 N–H and O–H groups in total. The highest BCUT2D eigenvalue weighted by atomic mass is 16.3. The molecule has 2 aromatic rings. The first kappa shape index (κ1) is 17.1. The molecular formula is C17H24N4O2. The van der Waals surface area contributed by atoms with Gasteiger partial charge in [-0.15, -0.1) is 5.10 Å². The Bertz CT molecular complexity index is 694. The number of para-hydroxylation sites is 1. The molecule has 6 nitrogen and oxygen atoms in total. The highest BCUT2D eigenvalue weighted by Crippen LogP contribution is 2.23. The van der Waals surface area contributed by atoms with Crippen LogP contribution in [0.15, 0.2) is 24.3 Å². The van der Waals surface area contributed by atoms with Gasteiger partial charge in [0, 0.05) is 7.05 Å². The molecule has 1 heterocycles. The number of benzene rings is 1. The van der Waals surface area contributed by atoms with Gasteiger partial charge in [-0.25, -0.2) is 9.67 Å². The average molecular weight is 316 g/mol. The zero-order valence-electron chi connectivity index (χ0n) is 14.3. The van der Waals surface area contributed by atoms with Crippen molar-refractivity contribution in [2.24, 2.45) is 0 Å². The molecule has 1 aromatic heterocycles. The van der Waals surface area contributed by atoms with E-state index in [1.54, 1.807) is 18.7 Å². The first-order valence-electron chi connectivity index (χ1n) is 7.77. The third-order valence-electron chi connectivity index (χ3n) is 3.99. The minimum atomic E-state index is -0.296. The van der Waals surface area contributed by atoms with Crippen LogP contribution in [0.3, 0.4) is 0 Å². The number of aryl methyl sites for hydroxylation is 1. The van der Waals surface area contributed by atoms with Crippen LogP contribution < -0.4 is 0 Å². The number of aromatic nitrogens is 3.